The van der Waals surface area contributed by atoms with E-state index in [9.17, 15) is 4.79 Å². The Morgan fingerprint density at radius 2 is 2.20 bits per heavy atom. The highest BCUT2D eigenvalue weighted by atomic mass is 79.9. The fourth-order valence-electron chi connectivity index (χ4n) is 2.79. The van der Waals surface area contributed by atoms with Crippen molar-refractivity contribution in [3.05, 3.63) is 22.6 Å². The van der Waals surface area contributed by atoms with Gasteiger partial charge in [-0.1, -0.05) is 19.3 Å². The Bertz CT molecular complexity index is 427. The molecule has 0 bridgehead atoms. The molecule has 1 N–H and O–H groups in total. The van der Waals surface area contributed by atoms with Gasteiger partial charge in [0.05, 0.1) is 11.8 Å². The topological polar surface area (TPSA) is 45.5 Å². The average molecular weight is 343 g/mol. The maximum Gasteiger partial charge on any atom is 0.255 e. The predicted molar refractivity (Wildman–Crippen MR) is 82.9 cm³/mol. The zero-order chi connectivity index (χ0) is 14.4. The summed E-state index contributed by atoms with van der Waals surface area (Å²) in [4.78, 5) is 14.3. The number of amides is 1. The number of carbonyl (C=O) groups excluding carboxylic acids is 1. The van der Waals surface area contributed by atoms with E-state index in [1.54, 1.807) is 6.07 Å². The van der Waals surface area contributed by atoms with E-state index in [2.05, 4.69) is 33.2 Å². The first-order valence-electron chi connectivity index (χ1n) is 7.40. The zero-order valence-corrected chi connectivity index (χ0v) is 13.6. The molecule has 1 fully saturated rings. The monoisotopic (exact) mass is 342 g/mol. The second kappa shape index (κ2) is 7.84. The summed E-state index contributed by atoms with van der Waals surface area (Å²) < 4.78 is 5.55. The molecular weight excluding hydrogens is 320 g/mol. The summed E-state index contributed by atoms with van der Waals surface area (Å²) in [5.74, 6) is -0.0778. The molecule has 0 radical (unpaired) electrons. The molecule has 1 aromatic heterocycles. The van der Waals surface area contributed by atoms with E-state index in [0.717, 1.165) is 19.0 Å². The van der Waals surface area contributed by atoms with Gasteiger partial charge in [-0.15, -0.1) is 0 Å². The second-order valence-electron chi connectivity index (χ2n) is 5.49. The highest BCUT2D eigenvalue weighted by Gasteiger charge is 2.17. The lowest BCUT2D eigenvalue weighted by atomic mass is 9.94. The molecule has 0 unspecified atom stereocenters. The van der Waals surface area contributed by atoms with Gasteiger partial charge in [-0.2, -0.15) is 0 Å². The summed E-state index contributed by atoms with van der Waals surface area (Å²) in [6.45, 7) is 1.74. The molecule has 1 aliphatic rings. The van der Waals surface area contributed by atoms with Gasteiger partial charge in [-0.05, 0) is 54.9 Å². The van der Waals surface area contributed by atoms with Crippen molar-refractivity contribution >= 4 is 21.8 Å². The van der Waals surface area contributed by atoms with Crippen molar-refractivity contribution in [1.29, 1.82) is 0 Å². The van der Waals surface area contributed by atoms with E-state index < -0.39 is 0 Å². The SMILES string of the molecule is CN(CCCNC(=O)c1ccoc1Br)C1CCCCC1. The number of hydrogen-bond donors (Lipinski definition) is 1. The third-order valence-electron chi connectivity index (χ3n) is 4.03. The third kappa shape index (κ3) is 4.35. The minimum Gasteiger partial charge on any atom is -0.457 e. The zero-order valence-electron chi connectivity index (χ0n) is 12.0. The van der Waals surface area contributed by atoms with Crippen molar-refractivity contribution in [2.45, 2.75) is 44.6 Å². The molecule has 4 nitrogen and oxygen atoms in total. The number of furan rings is 1. The highest BCUT2D eigenvalue weighted by Crippen LogP contribution is 2.21. The van der Waals surface area contributed by atoms with Crippen molar-refractivity contribution in [3.63, 3.8) is 0 Å². The fourth-order valence-corrected chi connectivity index (χ4v) is 3.21. The smallest absolute Gasteiger partial charge is 0.255 e. The van der Waals surface area contributed by atoms with Crippen LogP contribution in [-0.2, 0) is 0 Å². The first-order chi connectivity index (χ1) is 9.68. The minimum absolute atomic E-state index is 0.0778. The molecule has 20 heavy (non-hydrogen) atoms. The van der Waals surface area contributed by atoms with Gasteiger partial charge in [0.1, 0.15) is 0 Å². The molecule has 112 valence electrons. The van der Waals surface area contributed by atoms with Crippen LogP contribution in [0.2, 0.25) is 0 Å². The van der Waals surface area contributed by atoms with Crippen molar-refractivity contribution in [3.8, 4) is 0 Å². The Labute approximate surface area is 129 Å². The molecule has 0 aliphatic heterocycles. The van der Waals surface area contributed by atoms with E-state index in [1.165, 1.54) is 38.4 Å². The fraction of sp³-hybridized carbons (Fsp3) is 0.667. The lowest BCUT2D eigenvalue weighted by Gasteiger charge is -2.31. The van der Waals surface area contributed by atoms with Gasteiger partial charge >= 0.3 is 0 Å². The van der Waals surface area contributed by atoms with Gasteiger partial charge in [0.15, 0.2) is 4.67 Å². The van der Waals surface area contributed by atoms with Gasteiger partial charge in [-0.3, -0.25) is 4.79 Å². The molecule has 0 aromatic carbocycles. The molecule has 1 aromatic rings. The van der Waals surface area contributed by atoms with Crippen LogP contribution in [0.3, 0.4) is 0 Å². The molecule has 1 heterocycles. The van der Waals surface area contributed by atoms with Crippen LogP contribution in [0.25, 0.3) is 0 Å². The normalized spacial score (nSPS) is 16.6. The molecular formula is C15H23BrN2O2. The molecule has 1 saturated carbocycles. The second-order valence-corrected chi connectivity index (χ2v) is 6.21. The van der Waals surface area contributed by atoms with Crippen LogP contribution in [0, 0.1) is 0 Å². The average Bonchev–Trinajstić information content (AvgIpc) is 2.90. The molecule has 0 atom stereocenters. The van der Waals surface area contributed by atoms with Gasteiger partial charge < -0.3 is 14.6 Å². The maximum atomic E-state index is 11.9. The highest BCUT2D eigenvalue weighted by molar-refractivity contribution is 9.10. The van der Waals surface area contributed by atoms with E-state index in [4.69, 9.17) is 4.42 Å². The predicted octanol–water partition coefficient (Wildman–Crippen LogP) is 3.43. The molecule has 1 aliphatic carbocycles. The summed E-state index contributed by atoms with van der Waals surface area (Å²) in [6.07, 6.45) is 9.25. The van der Waals surface area contributed by atoms with E-state index in [0.29, 0.717) is 16.8 Å². The molecule has 0 saturated heterocycles. The van der Waals surface area contributed by atoms with Crippen molar-refractivity contribution in [1.82, 2.24) is 10.2 Å². The first kappa shape index (κ1) is 15.6. The number of rotatable bonds is 6. The minimum atomic E-state index is -0.0778. The summed E-state index contributed by atoms with van der Waals surface area (Å²) in [5, 5.41) is 2.93. The van der Waals surface area contributed by atoms with Crippen molar-refractivity contribution in [2.75, 3.05) is 20.1 Å². The lowest BCUT2D eigenvalue weighted by Crippen LogP contribution is -2.35. The number of hydrogen-bond acceptors (Lipinski definition) is 3. The quantitative estimate of drug-likeness (QED) is 0.805. The van der Waals surface area contributed by atoms with Crippen molar-refractivity contribution in [2.24, 2.45) is 0 Å². The van der Waals surface area contributed by atoms with Gasteiger partial charge in [0.25, 0.3) is 5.91 Å². The standard InChI is InChI=1S/C15H23BrN2O2/c1-18(12-6-3-2-4-7-12)10-5-9-17-15(19)13-8-11-20-14(13)16/h8,11-12H,2-7,9-10H2,1H3,(H,17,19). The summed E-state index contributed by atoms with van der Waals surface area (Å²) >= 11 is 3.22. The van der Waals surface area contributed by atoms with Crippen molar-refractivity contribution < 1.29 is 9.21 Å². The van der Waals surface area contributed by atoms with Crippen LogP contribution >= 0.6 is 15.9 Å². The molecule has 5 heteroatoms. The Morgan fingerprint density at radius 3 is 2.85 bits per heavy atom. The van der Waals surface area contributed by atoms with Crippen LogP contribution in [0.5, 0.6) is 0 Å². The Hall–Kier alpha value is -0.810. The molecule has 2 rings (SSSR count). The Kier molecular flexibility index (Phi) is 6.10. The van der Waals surface area contributed by atoms with E-state index in [-0.39, 0.29) is 5.91 Å². The first-order valence-corrected chi connectivity index (χ1v) is 8.19. The number of nitrogens with zero attached hydrogens (tertiary/aromatic N) is 1. The van der Waals surface area contributed by atoms with Crippen LogP contribution in [0.1, 0.15) is 48.9 Å². The molecule has 1 amide bonds. The van der Waals surface area contributed by atoms with Crippen LogP contribution < -0.4 is 5.32 Å². The van der Waals surface area contributed by atoms with Gasteiger partial charge in [0.2, 0.25) is 0 Å². The number of carbonyl (C=O) groups is 1. The maximum absolute atomic E-state index is 11.9. The number of halogens is 1. The summed E-state index contributed by atoms with van der Waals surface area (Å²) in [6, 6.07) is 2.41. The largest absolute Gasteiger partial charge is 0.457 e. The van der Waals surface area contributed by atoms with Crippen LogP contribution in [0.4, 0.5) is 0 Å². The van der Waals surface area contributed by atoms with Crippen LogP contribution in [-0.4, -0.2) is 37.0 Å². The van der Waals surface area contributed by atoms with Crippen LogP contribution in [0.15, 0.2) is 21.4 Å². The van der Waals surface area contributed by atoms with Gasteiger partial charge in [-0.25, -0.2) is 0 Å². The Balaban J connectivity index is 1.63. The molecule has 0 spiro atoms. The van der Waals surface area contributed by atoms with E-state index in [1.807, 2.05) is 0 Å². The summed E-state index contributed by atoms with van der Waals surface area (Å²) in [5.41, 5.74) is 0.561. The third-order valence-corrected chi connectivity index (χ3v) is 4.65. The summed E-state index contributed by atoms with van der Waals surface area (Å²) in [7, 11) is 2.20. The lowest BCUT2D eigenvalue weighted by molar-refractivity contribution is 0.0949. The Morgan fingerprint density at radius 1 is 1.45 bits per heavy atom. The van der Waals surface area contributed by atoms with E-state index >= 15 is 0 Å². The number of nitrogens with one attached hydrogen (secondary N) is 1. The van der Waals surface area contributed by atoms with Gasteiger partial charge in [0, 0.05) is 12.6 Å².